The summed E-state index contributed by atoms with van der Waals surface area (Å²) >= 11 is 1.53. The smallest absolute Gasteiger partial charge is 0.352 e. The van der Waals surface area contributed by atoms with E-state index in [2.05, 4.69) is 4.98 Å². The molecule has 90 valence electrons. The molecule has 2 aromatic heterocycles. The molecular formula is C13H10N2O2S. The lowest BCUT2D eigenvalue weighted by Crippen LogP contribution is -2.08. The third-order valence-corrected chi connectivity index (χ3v) is 3.59. The number of nitrogens with zero attached hydrogens (tertiary/aromatic N) is 2. The maximum Gasteiger partial charge on any atom is 0.352 e. The van der Waals surface area contributed by atoms with Gasteiger partial charge < -0.3 is 9.67 Å². The highest BCUT2D eigenvalue weighted by molar-refractivity contribution is 7.09. The standard InChI is InChI=1S/C13H10N2O2S/c16-13(17)12-5-9-3-1-2-4-11(9)15(12)7-10-6-14-8-18-10/h1-6,8H,7H2,(H,16,17). The van der Waals surface area contributed by atoms with Crippen LogP contribution in [0.4, 0.5) is 0 Å². The van der Waals surface area contributed by atoms with Crippen molar-refractivity contribution >= 4 is 28.2 Å². The van der Waals surface area contributed by atoms with Crippen molar-refractivity contribution < 1.29 is 9.90 Å². The molecule has 18 heavy (non-hydrogen) atoms. The maximum atomic E-state index is 11.3. The van der Waals surface area contributed by atoms with E-state index in [9.17, 15) is 9.90 Å². The predicted molar refractivity (Wildman–Crippen MR) is 70.1 cm³/mol. The molecule has 5 heteroatoms. The van der Waals surface area contributed by atoms with Crippen LogP contribution in [-0.2, 0) is 6.54 Å². The SMILES string of the molecule is O=C(O)c1cc2ccccc2n1Cc1cncs1. The van der Waals surface area contributed by atoms with Gasteiger partial charge in [-0.15, -0.1) is 11.3 Å². The summed E-state index contributed by atoms with van der Waals surface area (Å²) in [4.78, 5) is 16.3. The topological polar surface area (TPSA) is 55.1 Å². The van der Waals surface area contributed by atoms with E-state index in [0.717, 1.165) is 15.8 Å². The molecule has 0 fully saturated rings. The number of carbonyl (C=O) groups is 1. The quantitative estimate of drug-likeness (QED) is 0.786. The molecule has 0 unspecified atom stereocenters. The number of fused-ring (bicyclic) bond motifs is 1. The van der Waals surface area contributed by atoms with Gasteiger partial charge in [0.2, 0.25) is 0 Å². The molecule has 0 saturated heterocycles. The van der Waals surface area contributed by atoms with Crippen LogP contribution >= 0.6 is 11.3 Å². The van der Waals surface area contributed by atoms with Crippen molar-refractivity contribution in [3.05, 3.63) is 52.6 Å². The van der Waals surface area contributed by atoms with Gasteiger partial charge >= 0.3 is 5.97 Å². The number of hydrogen-bond donors (Lipinski definition) is 1. The molecule has 4 nitrogen and oxygen atoms in total. The van der Waals surface area contributed by atoms with Gasteiger partial charge in [-0.05, 0) is 12.1 Å². The fourth-order valence-electron chi connectivity index (χ4n) is 2.03. The number of carboxylic acid groups (broad SMARTS) is 1. The number of hydrogen-bond acceptors (Lipinski definition) is 3. The zero-order valence-electron chi connectivity index (χ0n) is 9.41. The Labute approximate surface area is 107 Å². The van der Waals surface area contributed by atoms with Gasteiger partial charge in [0.25, 0.3) is 0 Å². The van der Waals surface area contributed by atoms with E-state index in [4.69, 9.17) is 0 Å². The zero-order valence-corrected chi connectivity index (χ0v) is 10.2. The van der Waals surface area contributed by atoms with Gasteiger partial charge in [-0.3, -0.25) is 4.98 Å². The summed E-state index contributed by atoms with van der Waals surface area (Å²) in [5.74, 6) is -0.907. The summed E-state index contributed by atoms with van der Waals surface area (Å²) in [6, 6.07) is 9.38. The van der Waals surface area contributed by atoms with E-state index in [1.54, 1.807) is 17.8 Å². The Morgan fingerprint density at radius 1 is 1.39 bits per heavy atom. The lowest BCUT2D eigenvalue weighted by Gasteiger charge is -2.06. The van der Waals surface area contributed by atoms with Crippen molar-refractivity contribution in [2.24, 2.45) is 0 Å². The van der Waals surface area contributed by atoms with E-state index in [1.165, 1.54) is 11.3 Å². The fourth-order valence-corrected chi connectivity index (χ4v) is 2.62. The van der Waals surface area contributed by atoms with E-state index in [-0.39, 0.29) is 0 Å². The van der Waals surface area contributed by atoms with Gasteiger partial charge in [-0.2, -0.15) is 0 Å². The number of para-hydroxylation sites is 1. The maximum absolute atomic E-state index is 11.3. The first kappa shape index (κ1) is 11.0. The first-order valence-corrected chi connectivity index (χ1v) is 6.32. The largest absolute Gasteiger partial charge is 0.477 e. The molecule has 0 amide bonds. The molecule has 1 aromatic carbocycles. The van der Waals surface area contributed by atoms with Gasteiger partial charge in [0.05, 0.1) is 12.1 Å². The Morgan fingerprint density at radius 2 is 2.22 bits per heavy atom. The van der Waals surface area contributed by atoms with Crippen LogP contribution < -0.4 is 0 Å². The van der Waals surface area contributed by atoms with Gasteiger partial charge in [0, 0.05) is 22.0 Å². The molecule has 0 aliphatic carbocycles. The molecule has 1 N–H and O–H groups in total. The minimum absolute atomic E-state index is 0.310. The average molecular weight is 258 g/mol. The van der Waals surface area contributed by atoms with E-state index >= 15 is 0 Å². The second-order valence-corrected chi connectivity index (χ2v) is 4.92. The van der Waals surface area contributed by atoms with Crippen LogP contribution in [0.3, 0.4) is 0 Å². The van der Waals surface area contributed by atoms with Crippen LogP contribution in [0.2, 0.25) is 0 Å². The Balaban J connectivity index is 2.18. The monoisotopic (exact) mass is 258 g/mol. The van der Waals surface area contributed by atoms with Crippen LogP contribution in [0, 0.1) is 0 Å². The number of carboxylic acids is 1. The van der Waals surface area contributed by atoms with Crippen LogP contribution in [0.15, 0.2) is 42.0 Å². The molecule has 0 saturated carbocycles. The summed E-state index contributed by atoms with van der Waals surface area (Å²) in [6.45, 7) is 0.541. The Hall–Kier alpha value is -2.14. The minimum atomic E-state index is -0.907. The van der Waals surface area contributed by atoms with Crippen LogP contribution in [0.1, 0.15) is 15.4 Å². The van der Waals surface area contributed by atoms with Crippen molar-refractivity contribution in [1.82, 2.24) is 9.55 Å². The number of aromatic carboxylic acids is 1. The van der Waals surface area contributed by atoms with Gasteiger partial charge in [0.1, 0.15) is 5.69 Å². The highest BCUT2D eigenvalue weighted by Crippen LogP contribution is 2.22. The van der Waals surface area contributed by atoms with Crippen molar-refractivity contribution in [3.8, 4) is 0 Å². The lowest BCUT2D eigenvalue weighted by molar-refractivity contribution is 0.0686. The number of rotatable bonds is 3. The van der Waals surface area contributed by atoms with Crippen LogP contribution in [-0.4, -0.2) is 20.6 Å². The van der Waals surface area contributed by atoms with Crippen molar-refractivity contribution in [3.63, 3.8) is 0 Å². The summed E-state index contributed by atoms with van der Waals surface area (Å²) in [5, 5.41) is 10.2. The lowest BCUT2D eigenvalue weighted by atomic mass is 10.2. The Bertz CT molecular complexity index is 701. The highest BCUT2D eigenvalue weighted by Gasteiger charge is 2.14. The van der Waals surface area contributed by atoms with Crippen LogP contribution in [0.25, 0.3) is 10.9 Å². The van der Waals surface area contributed by atoms with Crippen molar-refractivity contribution in [2.75, 3.05) is 0 Å². The number of benzene rings is 1. The second-order valence-electron chi connectivity index (χ2n) is 3.95. The molecule has 0 bridgehead atoms. The van der Waals surface area contributed by atoms with E-state index in [1.807, 2.05) is 28.8 Å². The molecule has 0 aliphatic rings. The Kier molecular flexibility index (Phi) is 2.60. The highest BCUT2D eigenvalue weighted by atomic mass is 32.1. The summed E-state index contributed by atoms with van der Waals surface area (Å²) < 4.78 is 1.81. The summed E-state index contributed by atoms with van der Waals surface area (Å²) in [7, 11) is 0. The van der Waals surface area contributed by atoms with Crippen LogP contribution in [0.5, 0.6) is 0 Å². The van der Waals surface area contributed by atoms with Crippen molar-refractivity contribution in [2.45, 2.75) is 6.54 Å². The molecule has 3 aromatic rings. The fraction of sp³-hybridized carbons (Fsp3) is 0.0769. The third kappa shape index (κ3) is 1.78. The third-order valence-electron chi connectivity index (χ3n) is 2.83. The first-order chi connectivity index (χ1) is 8.75. The first-order valence-electron chi connectivity index (χ1n) is 5.44. The zero-order chi connectivity index (χ0) is 12.5. The summed E-state index contributed by atoms with van der Waals surface area (Å²) in [5.41, 5.74) is 2.99. The van der Waals surface area contributed by atoms with Crippen molar-refractivity contribution in [1.29, 1.82) is 0 Å². The van der Waals surface area contributed by atoms with Gasteiger partial charge in [-0.1, -0.05) is 18.2 Å². The number of thiazole rings is 1. The molecule has 0 atom stereocenters. The molecule has 0 spiro atoms. The summed E-state index contributed by atoms with van der Waals surface area (Å²) in [6.07, 6.45) is 1.77. The predicted octanol–water partition coefficient (Wildman–Crippen LogP) is 2.84. The molecule has 2 heterocycles. The minimum Gasteiger partial charge on any atom is -0.477 e. The van der Waals surface area contributed by atoms with Gasteiger partial charge in [-0.25, -0.2) is 4.79 Å². The molecule has 3 rings (SSSR count). The Morgan fingerprint density at radius 3 is 2.94 bits per heavy atom. The number of aromatic nitrogens is 2. The molecular weight excluding hydrogens is 248 g/mol. The normalized spacial score (nSPS) is 10.9. The average Bonchev–Trinajstić information content (AvgIpc) is 2.98. The van der Waals surface area contributed by atoms with E-state index in [0.29, 0.717) is 12.2 Å². The van der Waals surface area contributed by atoms with Gasteiger partial charge in [0.15, 0.2) is 0 Å². The van der Waals surface area contributed by atoms with E-state index < -0.39 is 5.97 Å². The molecule has 0 aliphatic heterocycles. The second kappa shape index (κ2) is 4.27. The molecule has 0 radical (unpaired) electrons.